The number of hydrogen-bond acceptors (Lipinski definition) is 4. The highest BCUT2D eigenvalue weighted by Gasteiger charge is 2.13. The van der Waals surface area contributed by atoms with Crippen LogP contribution in [-0.2, 0) is 9.47 Å². The number of benzene rings is 1. The maximum absolute atomic E-state index is 11.9. The lowest BCUT2D eigenvalue weighted by Crippen LogP contribution is -2.12. The van der Waals surface area contributed by atoms with Crippen molar-refractivity contribution in [3.8, 4) is 5.75 Å². The topological polar surface area (TPSA) is 44.8 Å². The SMILES string of the molecule is COc1cc(Cl)ccc1C(=O)OCCOCCC(C)C. The predicted octanol–water partition coefficient (Wildman–Crippen LogP) is 3.57. The van der Waals surface area contributed by atoms with Crippen LogP contribution in [0.4, 0.5) is 0 Å². The summed E-state index contributed by atoms with van der Waals surface area (Å²) in [5.41, 5.74) is 0.360. The van der Waals surface area contributed by atoms with E-state index in [0.29, 0.717) is 35.5 Å². The van der Waals surface area contributed by atoms with Gasteiger partial charge >= 0.3 is 5.97 Å². The molecule has 0 spiro atoms. The van der Waals surface area contributed by atoms with Gasteiger partial charge in [-0.25, -0.2) is 4.79 Å². The number of methoxy groups -OCH3 is 1. The first kappa shape index (κ1) is 16.8. The van der Waals surface area contributed by atoms with Crippen LogP contribution >= 0.6 is 11.6 Å². The summed E-state index contributed by atoms with van der Waals surface area (Å²) >= 11 is 5.84. The molecule has 0 heterocycles. The van der Waals surface area contributed by atoms with Crippen molar-refractivity contribution in [2.75, 3.05) is 26.9 Å². The molecule has 0 unspecified atom stereocenters. The molecule has 0 aromatic heterocycles. The fraction of sp³-hybridized carbons (Fsp3) is 0.533. The molecule has 1 rings (SSSR count). The molecule has 0 bridgehead atoms. The molecule has 0 saturated heterocycles. The third-order valence-electron chi connectivity index (χ3n) is 2.68. The zero-order valence-corrected chi connectivity index (χ0v) is 12.9. The third-order valence-corrected chi connectivity index (χ3v) is 2.92. The van der Waals surface area contributed by atoms with Crippen LogP contribution in [0.1, 0.15) is 30.6 Å². The Hall–Kier alpha value is -1.26. The van der Waals surface area contributed by atoms with Crippen LogP contribution in [0.25, 0.3) is 0 Å². The lowest BCUT2D eigenvalue weighted by molar-refractivity contribution is 0.0300. The second-order valence-electron chi connectivity index (χ2n) is 4.78. The van der Waals surface area contributed by atoms with Crippen LogP contribution in [-0.4, -0.2) is 32.9 Å². The summed E-state index contributed by atoms with van der Waals surface area (Å²) in [6.07, 6.45) is 0.999. The highest BCUT2D eigenvalue weighted by atomic mass is 35.5. The second kappa shape index (κ2) is 8.82. The minimum Gasteiger partial charge on any atom is -0.496 e. The van der Waals surface area contributed by atoms with E-state index in [2.05, 4.69) is 13.8 Å². The van der Waals surface area contributed by atoms with E-state index in [1.165, 1.54) is 7.11 Å². The van der Waals surface area contributed by atoms with Crippen molar-refractivity contribution >= 4 is 17.6 Å². The number of carbonyl (C=O) groups is 1. The van der Waals surface area contributed by atoms with E-state index < -0.39 is 5.97 Å². The van der Waals surface area contributed by atoms with Crippen molar-refractivity contribution in [2.24, 2.45) is 5.92 Å². The molecule has 0 radical (unpaired) electrons. The number of rotatable bonds is 8. The Bertz CT molecular complexity index is 432. The van der Waals surface area contributed by atoms with E-state index >= 15 is 0 Å². The van der Waals surface area contributed by atoms with Gasteiger partial charge in [0.2, 0.25) is 0 Å². The molecule has 1 aromatic rings. The van der Waals surface area contributed by atoms with Crippen molar-refractivity contribution in [3.63, 3.8) is 0 Å². The van der Waals surface area contributed by atoms with E-state index in [1.807, 2.05) is 0 Å². The van der Waals surface area contributed by atoms with Gasteiger partial charge in [-0.3, -0.25) is 0 Å². The van der Waals surface area contributed by atoms with Gasteiger partial charge in [-0.1, -0.05) is 25.4 Å². The zero-order chi connectivity index (χ0) is 15.0. The summed E-state index contributed by atoms with van der Waals surface area (Å²) in [5.74, 6) is 0.574. The van der Waals surface area contributed by atoms with Crippen LogP contribution in [0.5, 0.6) is 5.75 Å². The number of esters is 1. The third kappa shape index (κ3) is 5.80. The monoisotopic (exact) mass is 300 g/mol. The molecule has 0 atom stereocenters. The van der Waals surface area contributed by atoms with Crippen molar-refractivity contribution < 1.29 is 19.0 Å². The Kier molecular flexibility index (Phi) is 7.41. The predicted molar refractivity (Wildman–Crippen MR) is 78.6 cm³/mol. The van der Waals surface area contributed by atoms with Crippen molar-refractivity contribution in [1.82, 2.24) is 0 Å². The minimum absolute atomic E-state index is 0.225. The zero-order valence-electron chi connectivity index (χ0n) is 12.1. The Morgan fingerprint density at radius 2 is 2.00 bits per heavy atom. The molecular formula is C15H21ClO4. The molecule has 112 valence electrons. The Balaban J connectivity index is 2.36. The summed E-state index contributed by atoms with van der Waals surface area (Å²) in [4.78, 5) is 11.9. The molecule has 1 aromatic carbocycles. The molecule has 0 aliphatic rings. The van der Waals surface area contributed by atoms with Gasteiger partial charge in [0.05, 0.1) is 13.7 Å². The molecule has 0 saturated carbocycles. The summed E-state index contributed by atoms with van der Waals surface area (Å²) < 4.78 is 15.6. The largest absolute Gasteiger partial charge is 0.496 e. The van der Waals surface area contributed by atoms with Crippen molar-refractivity contribution in [3.05, 3.63) is 28.8 Å². The first-order valence-corrected chi connectivity index (χ1v) is 7.00. The average Bonchev–Trinajstić information content (AvgIpc) is 2.41. The van der Waals surface area contributed by atoms with E-state index in [-0.39, 0.29) is 6.61 Å². The van der Waals surface area contributed by atoms with E-state index in [4.69, 9.17) is 25.8 Å². The summed E-state index contributed by atoms with van der Waals surface area (Å²) in [7, 11) is 1.48. The van der Waals surface area contributed by atoms with Crippen molar-refractivity contribution in [2.45, 2.75) is 20.3 Å². The van der Waals surface area contributed by atoms with Crippen molar-refractivity contribution in [1.29, 1.82) is 0 Å². The fourth-order valence-corrected chi connectivity index (χ4v) is 1.69. The normalized spacial score (nSPS) is 10.7. The maximum Gasteiger partial charge on any atom is 0.342 e. The van der Waals surface area contributed by atoms with E-state index in [9.17, 15) is 4.79 Å². The van der Waals surface area contributed by atoms with Crippen LogP contribution in [0.3, 0.4) is 0 Å². The average molecular weight is 301 g/mol. The Morgan fingerprint density at radius 3 is 2.65 bits per heavy atom. The molecule has 0 aliphatic heterocycles. The highest BCUT2D eigenvalue weighted by molar-refractivity contribution is 6.30. The van der Waals surface area contributed by atoms with Crippen LogP contribution < -0.4 is 4.74 Å². The first-order chi connectivity index (χ1) is 9.54. The van der Waals surface area contributed by atoms with E-state index in [0.717, 1.165) is 6.42 Å². The maximum atomic E-state index is 11.9. The molecule has 0 fully saturated rings. The molecule has 20 heavy (non-hydrogen) atoms. The number of ether oxygens (including phenoxy) is 3. The van der Waals surface area contributed by atoms with Gasteiger partial charge in [0.25, 0.3) is 0 Å². The molecule has 0 N–H and O–H groups in total. The standard InChI is InChI=1S/C15H21ClO4/c1-11(2)6-7-19-8-9-20-15(17)13-5-4-12(16)10-14(13)18-3/h4-5,10-11H,6-9H2,1-3H3. The highest BCUT2D eigenvalue weighted by Crippen LogP contribution is 2.23. The minimum atomic E-state index is -0.439. The van der Waals surface area contributed by atoms with Gasteiger partial charge in [-0.05, 0) is 30.5 Å². The van der Waals surface area contributed by atoms with Gasteiger partial charge < -0.3 is 14.2 Å². The lowest BCUT2D eigenvalue weighted by atomic mass is 10.1. The van der Waals surface area contributed by atoms with Crippen LogP contribution in [0.15, 0.2) is 18.2 Å². The smallest absolute Gasteiger partial charge is 0.342 e. The quantitative estimate of drug-likeness (QED) is 0.544. The number of halogens is 1. The Labute approximate surface area is 125 Å². The molecule has 4 nitrogen and oxygen atoms in total. The first-order valence-electron chi connectivity index (χ1n) is 6.63. The second-order valence-corrected chi connectivity index (χ2v) is 5.21. The van der Waals surface area contributed by atoms with Gasteiger partial charge in [-0.15, -0.1) is 0 Å². The molecular weight excluding hydrogens is 280 g/mol. The molecule has 0 aliphatic carbocycles. The molecule has 5 heteroatoms. The molecule has 0 amide bonds. The Morgan fingerprint density at radius 1 is 1.25 bits per heavy atom. The van der Waals surface area contributed by atoms with Gasteiger partial charge in [0.15, 0.2) is 0 Å². The van der Waals surface area contributed by atoms with Gasteiger partial charge in [0, 0.05) is 11.6 Å². The summed E-state index contributed by atoms with van der Waals surface area (Å²) in [5, 5.41) is 0.510. The summed E-state index contributed by atoms with van der Waals surface area (Å²) in [6, 6.07) is 4.79. The van der Waals surface area contributed by atoms with E-state index in [1.54, 1.807) is 18.2 Å². The summed E-state index contributed by atoms with van der Waals surface area (Å²) in [6.45, 7) is 5.57. The van der Waals surface area contributed by atoms with Gasteiger partial charge in [0.1, 0.15) is 17.9 Å². The fourth-order valence-electron chi connectivity index (χ4n) is 1.53. The van der Waals surface area contributed by atoms with Crippen LogP contribution in [0, 0.1) is 5.92 Å². The van der Waals surface area contributed by atoms with Gasteiger partial charge in [-0.2, -0.15) is 0 Å². The number of carbonyl (C=O) groups excluding carboxylic acids is 1. The number of hydrogen-bond donors (Lipinski definition) is 0. The van der Waals surface area contributed by atoms with Crippen LogP contribution in [0.2, 0.25) is 5.02 Å². The lowest BCUT2D eigenvalue weighted by Gasteiger charge is -2.10.